The van der Waals surface area contributed by atoms with Crippen molar-refractivity contribution in [2.24, 2.45) is 0 Å². The molecule has 0 heterocycles. The maximum Gasteiger partial charge on any atom is 0.336 e. The number of carboxylic acid groups (broad SMARTS) is 2. The number of esters is 2. The second-order valence-electron chi connectivity index (χ2n) is 4.03. The molecule has 19 heavy (non-hydrogen) atoms. The van der Waals surface area contributed by atoms with Gasteiger partial charge in [-0.1, -0.05) is 13.3 Å². The highest BCUT2D eigenvalue weighted by Crippen LogP contribution is 2.17. The number of hydrogen-bond donors (Lipinski definition) is 3. The summed E-state index contributed by atoms with van der Waals surface area (Å²) in [5.41, 5.74) is -2.78. The summed E-state index contributed by atoms with van der Waals surface area (Å²) >= 11 is 0. The Morgan fingerprint density at radius 3 is 2.05 bits per heavy atom. The second-order valence-corrected chi connectivity index (χ2v) is 4.03. The van der Waals surface area contributed by atoms with Gasteiger partial charge in [-0.05, 0) is 6.42 Å². The summed E-state index contributed by atoms with van der Waals surface area (Å²) in [6, 6.07) is 0. The van der Waals surface area contributed by atoms with Crippen LogP contribution in [-0.4, -0.2) is 44.8 Å². The van der Waals surface area contributed by atoms with E-state index in [-0.39, 0.29) is 6.42 Å². The van der Waals surface area contributed by atoms with E-state index < -0.39 is 42.3 Å². The van der Waals surface area contributed by atoms with E-state index in [1.54, 1.807) is 0 Å². The van der Waals surface area contributed by atoms with Crippen LogP contribution in [0.1, 0.15) is 39.0 Å². The van der Waals surface area contributed by atoms with Crippen LogP contribution in [0.2, 0.25) is 0 Å². The number of rotatable bonds is 8. The van der Waals surface area contributed by atoms with Gasteiger partial charge in [-0.25, -0.2) is 4.79 Å². The van der Waals surface area contributed by atoms with Crippen LogP contribution in [-0.2, 0) is 23.9 Å². The molecule has 0 aromatic carbocycles. The lowest BCUT2D eigenvalue weighted by Gasteiger charge is -2.19. The Kier molecular flexibility index (Phi) is 6.70. The van der Waals surface area contributed by atoms with Gasteiger partial charge in [0.05, 0.1) is 12.8 Å². The van der Waals surface area contributed by atoms with Crippen molar-refractivity contribution in [3.8, 4) is 0 Å². The van der Waals surface area contributed by atoms with Crippen molar-refractivity contribution in [3.05, 3.63) is 0 Å². The minimum absolute atomic E-state index is 0.00727. The Morgan fingerprint density at radius 2 is 1.63 bits per heavy atom. The molecule has 0 bridgehead atoms. The number of aliphatic hydroxyl groups is 1. The zero-order valence-corrected chi connectivity index (χ0v) is 10.4. The van der Waals surface area contributed by atoms with E-state index in [1.165, 1.54) is 0 Å². The van der Waals surface area contributed by atoms with Crippen LogP contribution in [0, 0.1) is 0 Å². The van der Waals surface area contributed by atoms with E-state index >= 15 is 0 Å². The number of unbranched alkanes of at least 4 members (excludes halogenated alkanes) is 1. The van der Waals surface area contributed by atoms with E-state index in [9.17, 15) is 24.3 Å². The first-order valence-corrected chi connectivity index (χ1v) is 5.62. The molecular formula is C11H16O8. The molecule has 108 valence electrons. The van der Waals surface area contributed by atoms with Crippen LogP contribution in [0.3, 0.4) is 0 Å². The molecule has 0 aromatic rings. The van der Waals surface area contributed by atoms with Crippen LogP contribution in [0.4, 0.5) is 0 Å². The van der Waals surface area contributed by atoms with Crippen LogP contribution >= 0.6 is 0 Å². The summed E-state index contributed by atoms with van der Waals surface area (Å²) in [7, 11) is 0. The van der Waals surface area contributed by atoms with Crippen molar-refractivity contribution in [3.63, 3.8) is 0 Å². The normalized spacial score (nSPS) is 13.4. The minimum atomic E-state index is -2.78. The molecule has 0 aliphatic heterocycles. The third kappa shape index (κ3) is 6.51. The Bertz CT molecular complexity index is 375. The molecule has 3 N–H and O–H groups in total. The predicted molar refractivity (Wildman–Crippen MR) is 60.1 cm³/mol. The summed E-state index contributed by atoms with van der Waals surface area (Å²) in [5, 5.41) is 26.7. The van der Waals surface area contributed by atoms with Crippen molar-refractivity contribution in [1.82, 2.24) is 0 Å². The SMILES string of the molecule is CCCCC(=O)OC(=O)CC(O)(CC(=O)O)C(=O)O. The number of aliphatic carboxylic acids is 2. The van der Waals surface area contributed by atoms with Crippen molar-refractivity contribution >= 4 is 23.9 Å². The highest BCUT2D eigenvalue weighted by Gasteiger charge is 2.41. The highest BCUT2D eigenvalue weighted by atomic mass is 16.6. The fourth-order valence-corrected chi connectivity index (χ4v) is 1.24. The van der Waals surface area contributed by atoms with Crippen molar-refractivity contribution in [1.29, 1.82) is 0 Å². The molecule has 0 rings (SSSR count). The monoisotopic (exact) mass is 276 g/mol. The molecule has 0 saturated heterocycles. The first-order chi connectivity index (χ1) is 8.71. The lowest BCUT2D eigenvalue weighted by molar-refractivity contribution is -0.174. The molecule has 8 heteroatoms. The fourth-order valence-electron chi connectivity index (χ4n) is 1.24. The van der Waals surface area contributed by atoms with Gasteiger partial charge in [0.1, 0.15) is 0 Å². The van der Waals surface area contributed by atoms with Crippen LogP contribution in [0.5, 0.6) is 0 Å². The van der Waals surface area contributed by atoms with Crippen molar-refractivity contribution < 1.29 is 39.2 Å². The molecule has 0 aliphatic carbocycles. The molecule has 0 amide bonds. The zero-order chi connectivity index (χ0) is 15.1. The molecule has 0 aliphatic rings. The van der Waals surface area contributed by atoms with Gasteiger partial charge < -0.3 is 20.1 Å². The Labute approximate surface area is 109 Å². The van der Waals surface area contributed by atoms with E-state index in [2.05, 4.69) is 4.74 Å². The third-order valence-corrected chi connectivity index (χ3v) is 2.24. The van der Waals surface area contributed by atoms with E-state index in [1.807, 2.05) is 6.92 Å². The first kappa shape index (κ1) is 17.0. The average molecular weight is 276 g/mol. The van der Waals surface area contributed by atoms with Crippen LogP contribution in [0.15, 0.2) is 0 Å². The maximum atomic E-state index is 11.3. The summed E-state index contributed by atoms with van der Waals surface area (Å²) in [6.45, 7) is 1.82. The molecule has 0 spiro atoms. The lowest BCUT2D eigenvalue weighted by atomic mass is 9.96. The summed E-state index contributed by atoms with van der Waals surface area (Å²) in [6.07, 6.45) is -1.06. The highest BCUT2D eigenvalue weighted by molar-refractivity contribution is 5.92. The summed E-state index contributed by atoms with van der Waals surface area (Å²) in [4.78, 5) is 43.5. The third-order valence-electron chi connectivity index (χ3n) is 2.24. The Balaban J connectivity index is 4.52. The summed E-state index contributed by atoms with van der Waals surface area (Å²) < 4.78 is 4.29. The molecule has 0 radical (unpaired) electrons. The number of hydrogen-bond acceptors (Lipinski definition) is 6. The molecular weight excluding hydrogens is 260 g/mol. The second kappa shape index (κ2) is 7.47. The topological polar surface area (TPSA) is 138 Å². The van der Waals surface area contributed by atoms with Crippen molar-refractivity contribution in [2.75, 3.05) is 0 Å². The van der Waals surface area contributed by atoms with Gasteiger partial charge in [-0.2, -0.15) is 0 Å². The molecule has 8 nitrogen and oxygen atoms in total. The van der Waals surface area contributed by atoms with Gasteiger partial charge in [0.2, 0.25) is 0 Å². The van der Waals surface area contributed by atoms with Gasteiger partial charge in [-0.15, -0.1) is 0 Å². The van der Waals surface area contributed by atoms with Gasteiger partial charge >= 0.3 is 23.9 Å². The molecule has 1 atom stereocenters. The zero-order valence-electron chi connectivity index (χ0n) is 10.4. The van der Waals surface area contributed by atoms with Crippen molar-refractivity contribution in [2.45, 2.75) is 44.6 Å². The van der Waals surface area contributed by atoms with Gasteiger partial charge in [0.25, 0.3) is 0 Å². The van der Waals surface area contributed by atoms with Crippen LogP contribution < -0.4 is 0 Å². The number of carboxylic acids is 2. The van der Waals surface area contributed by atoms with E-state index in [0.717, 1.165) is 0 Å². The standard InChI is InChI=1S/C11H16O8/c1-2-3-4-8(14)19-9(15)6-11(18,10(16)17)5-7(12)13/h18H,2-6H2,1H3,(H,12,13)(H,16,17). The number of carbonyl (C=O) groups is 4. The van der Waals surface area contributed by atoms with Gasteiger partial charge in [0, 0.05) is 6.42 Å². The first-order valence-electron chi connectivity index (χ1n) is 5.62. The van der Waals surface area contributed by atoms with E-state index in [4.69, 9.17) is 10.2 Å². The fraction of sp³-hybridized carbons (Fsp3) is 0.636. The van der Waals surface area contributed by atoms with Gasteiger partial charge in [-0.3, -0.25) is 14.4 Å². The Morgan fingerprint density at radius 1 is 1.05 bits per heavy atom. The predicted octanol–water partition coefficient (Wildman–Crippen LogP) is -0.0731. The minimum Gasteiger partial charge on any atom is -0.481 e. The number of carbonyl (C=O) groups excluding carboxylic acids is 2. The lowest BCUT2D eigenvalue weighted by Crippen LogP contribution is -2.43. The van der Waals surface area contributed by atoms with E-state index in [0.29, 0.717) is 12.8 Å². The molecule has 0 aromatic heterocycles. The van der Waals surface area contributed by atoms with Crippen LogP contribution in [0.25, 0.3) is 0 Å². The van der Waals surface area contributed by atoms with Gasteiger partial charge in [0.15, 0.2) is 5.60 Å². The average Bonchev–Trinajstić information content (AvgIpc) is 2.24. The molecule has 0 saturated carbocycles. The largest absolute Gasteiger partial charge is 0.481 e. The molecule has 0 fully saturated rings. The number of ether oxygens (including phenoxy) is 1. The summed E-state index contributed by atoms with van der Waals surface area (Å²) in [5.74, 6) is -5.56. The Hall–Kier alpha value is -1.96. The smallest absolute Gasteiger partial charge is 0.336 e. The quantitative estimate of drug-likeness (QED) is 0.413. The maximum absolute atomic E-state index is 11.3. The molecule has 1 unspecified atom stereocenters.